The van der Waals surface area contributed by atoms with Crippen LogP contribution in [-0.2, 0) is 11.2 Å². The second-order valence-electron chi connectivity index (χ2n) is 7.44. The van der Waals surface area contributed by atoms with Crippen LogP contribution in [0.1, 0.15) is 44.0 Å². The molecule has 2 N–H and O–H groups in total. The van der Waals surface area contributed by atoms with E-state index in [1.165, 1.54) is 12.8 Å². The lowest BCUT2D eigenvalue weighted by Gasteiger charge is -2.11. The lowest BCUT2D eigenvalue weighted by atomic mass is 10.1. The van der Waals surface area contributed by atoms with E-state index in [-0.39, 0.29) is 18.4 Å². The number of amides is 1. The van der Waals surface area contributed by atoms with Gasteiger partial charge in [0, 0.05) is 17.2 Å². The Morgan fingerprint density at radius 3 is 2.82 bits per heavy atom. The molecule has 1 aliphatic carbocycles. The largest absolute Gasteiger partial charge is 0.491 e. The number of nitrogens with one attached hydrogen (secondary N) is 2. The number of hydrogen-bond donors (Lipinski definition) is 2. The molecule has 0 unspecified atom stereocenters. The van der Waals surface area contributed by atoms with Crippen LogP contribution in [0.3, 0.4) is 0 Å². The Bertz CT molecular complexity index is 976. The predicted molar refractivity (Wildman–Crippen MR) is 108 cm³/mol. The molecule has 0 atom stereocenters. The highest BCUT2D eigenvalue weighted by Crippen LogP contribution is 2.38. The number of benzene rings is 2. The zero-order valence-corrected chi connectivity index (χ0v) is 16.1. The molecule has 0 bridgehead atoms. The van der Waals surface area contributed by atoms with Gasteiger partial charge in [0.25, 0.3) is 0 Å². The fourth-order valence-corrected chi connectivity index (χ4v) is 3.07. The highest BCUT2D eigenvalue weighted by molar-refractivity contribution is 5.92. The predicted octanol–water partition coefficient (Wildman–Crippen LogP) is 4.32. The molecule has 6 nitrogen and oxygen atoms in total. The monoisotopic (exact) mass is 376 g/mol. The fraction of sp³-hybridized carbons (Fsp3) is 0.318. The van der Waals surface area contributed by atoms with Gasteiger partial charge in [-0.3, -0.25) is 9.89 Å². The van der Waals surface area contributed by atoms with E-state index in [9.17, 15) is 4.79 Å². The zero-order valence-electron chi connectivity index (χ0n) is 16.1. The Morgan fingerprint density at radius 2 is 2.04 bits per heavy atom. The van der Waals surface area contributed by atoms with Crippen molar-refractivity contribution in [1.82, 2.24) is 15.2 Å². The number of anilines is 1. The van der Waals surface area contributed by atoms with E-state index in [0.717, 1.165) is 28.4 Å². The van der Waals surface area contributed by atoms with Crippen LogP contribution in [0.5, 0.6) is 5.75 Å². The molecule has 0 radical (unpaired) electrons. The normalized spacial score (nSPS) is 13.5. The summed E-state index contributed by atoms with van der Waals surface area (Å²) >= 11 is 0. The van der Waals surface area contributed by atoms with Crippen LogP contribution in [-0.4, -0.2) is 27.2 Å². The lowest BCUT2D eigenvalue weighted by molar-refractivity contribution is -0.115. The number of carbonyl (C=O) groups excluding carboxylic acids is 1. The van der Waals surface area contributed by atoms with Gasteiger partial charge in [-0.25, -0.2) is 4.98 Å². The molecule has 0 aliphatic heterocycles. The van der Waals surface area contributed by atoms with E-state index in [2.05, 4.69) is 20.5 Å². The van der Waals surface area contributed by atoms with Crippen molar-refractivity contribution in [2.45, 2.75) is 45.1 Å². The maximum Gasteiger partial charge on any atom is 0.228 e. The summed E-state index contributed by atoms with van der Waals surface area (Å²) < 4.78 is 5.69. The van der Waals surface area contributed by atoms with Gasteiger partial charge in [-0.05, 0) is 56.5 Å². The molecule has 3 aromatic rings. The Hall–Kier alpha value is -3.15. The van der Waals surface area contributed by atoms with Crippen molar-refractivity contribution in [2.24, 2.45) is 0 Å². The summed E-state index contributed by atoms with van der Waals surface area (Å²) in [5, 5.41) is 10.3. The van der Waals surface area contributed by atoms with Gasteiger partial charge >= 0.3 is 0 Å². The molecule has 4 rings (SSSR count). The van der Waals surface area contributed by atoms with Gasteiger partial charge in [0.1, 0.15) is 11.6 Å². The molecule has 6 heteroatoms. The first-order valence-electron chi connectivity index (χ1n) is 9.65. The molecule has 1 heterocycles. The highest BCUT2D eigenvalue weighted by Gasteiger charge is 2.27. The average Bonchev–Trinajstić information content (AvgIpc) is 3.38. The SMILES string of the molecule is CC(C)Oc1cccc(CC(=O)Nc2cccc(-c3n[nH]c(C4CC4)n3)c2)c1. The first-order chi connectivity index (χ1) is 13.6. The summed E-state index contributed by atoms with van der Waals surface area (Å²) in [6, 6.07) is 15.3. The van der Waals surface area contributed by atoms with Crippen LogP contribution in [0.25, 0.3) is 11.4 Å². The smallest absolute Gasteiger partial charge is 0.228 e. The minimum Gasteiger partial charge on any atom is -0.491 e. The molecule has 1 aliphatic rings. The number of rotatable bonds is 7. The van der Waals surface area contributed by atoms with Crippen LogP contribution < -0.4 is 10.1 Å². The molecule has 144 valence electrons. The van der Waals surface area contributed by atoms with E-state index in [1.54, 1.807) is 0 Å². The number of carbonyl (C=O) groups is 1. The number of H-pyrrole nitrogens is 1. The van der Waals surface area contributed by atoms with Gasteiger partial charge in [0.05, 0.1) is 12.5 Å². The second-order valence-corrected chi connectivity index (χ2v) is 7.44. The third-order valence-corrected chi connectivity index (χ3v) is 4.51. The summed E-state index contributed by atoms with van der Waals surface area (Å²) in [5.41, 5.74) is 2.53. The molecule has 1 fully saturated rings. The Morgan fingerprint density at radius 1 is 1.21 bits per heavy atom. The molecule has 1 saturated carbocycles. The molecule has 0 spiro atoms. The van der Waals surface area contributed by atoms with Crippen LogP contribution in [0, 0.1) is 0 Å². The van der Waals surface area contributed by atoms with Crippen molar-refractivity contribution >= 4 is 11.6 Å². The van der Waals surface area contributed by atoms with Crippen LogP contribution in [0.2, 0.25) is 0 Å². The summed E-state index contributed by atoms with van der Waals surface area (Å²) in [7, 11) is 0. The van der Waals surface area contributed by atoms with Gasteiger partial charge in [-0.15, -0.1) is 0 Å². The summed E-state index contributed by atoms with van der Waals surface area (Å²) in [6.45, 7) is 3.96. The fourth-order valence-electron chi connectivity index (χ4n) is 3.07. The quantitative estimate of drug-likeness (QED) is 0.644. The number of hydrogen-bond acceptors (Lipinski definition) is 4. The first kappa shape index (κ1) is 18.2. The van der Waals surface area contributed by atoms with Crippen molar-refractivity contribution in [3.8, 4) is 17.1 Å². The van der Waals surface area contributed by atoms with E-state index >= 15 is 0 Å². The van der Waals surface area contributed by atoms with Crippen molar-refractivity contribution in [2.75, 3.05) is 5.32 Å². The number of aromatic amines is 1. The van der Waals surface area contributed by atoms with Gasteiger partial charge in [0.2, 0.25) is 5.91 Å². The molecule has 1 aromatic heterocycles. The zero-order chi connectivity index (χ0) is 19.5. The van der Waals surface area contributed by atoms with E-state index in [0.29, 0.717) is 11.7 Å². The van der Waals surface area contributed by atoms with Gasteiger partial charge in [-0.1, -0.05) is 24.3 Å². The molecule has 0 saturated heterocycles. The third kappa shape index (κ3) is 4.57. The maximum absolute atomic E-state index is 12.5. The minimum absolute atomic E-state index is 0.0764. The summed E-state index contributed by atoms with van der Waals surface area (Å²) in [6.07, 6.45) is 2.73. The van der Waals surface area contributed by atoms with Gasteiger partial charge in [0.15, 0.2) is 5.82 Å². The summed E-state index contributed by atoms with van der Waals surface area (Å²) in [5.74, 6) is 2.84. The average molecular weight is 376 g/mol. The number of aromatic nitrogens is 3. The van der Waals surface area contributed by atoms with Gasteiger partial charge in [-0.2, -0.15) is 5.10 Å². The van der Waals surface area contributed by atoms with E-state index < -0.39 is 0 Å². The van der Waals surface area contributed by atoms with Gasteiger partial charge < -0.3 is 10.1 Å². The Labute approximate surface area is 164 Å². The van der Waals surface area contributed by atoms with Crippen LogP contribution >= 0.6 is 0 Å². The van der Waals surface area contributed by atoms with Crippen molar-refractivity contribution in [3.05, 3.63) is 59.9 Å². The van der Waals surface area contributed by atoms with Crippen molar-refractivity contribution in [1.29, 1.82) is 0 Å². The molecular weight excluding hydrogens is 352 g/mol. The maximum atomic E-state index is 12.5. The van der Waals surface area contributed by atoms with E-state index in [1.807, 2.05) is 62.4 Å². The molecule has 1 amide bonds. The van der Waals surface area contributed by atoms with Crippen molar-refractivity contribution < 1.29 is 9.53 Å². The lowest BCUT2D eigenvalue weighted by Crippen LogP contribution is -2.14. The van der Waals surface area contributed by atoms with Crippen molar-refractivity contribution in [3.63, 3.8) is 0 Å². The topological polar surface area (TPSA) is 79.9 Å². The second kappa shape index (κ2) is 7.84. The van der Waals surface area contributed by atoms with Crippen LogP contribution in [0.15, 0.2) is 48.5 Å². The summed E-state index contributed by atoms with van der Waals surface area (Å²) in [4.78, 5) is 17.0. The minimum atomic E-state index is -0.0764. The van der Waals surface area contributed by atoms with Crippen LogP contribution in [0.4, 0.5) is 5.69 Å². The number of ether oxygens (including phenoxy) is 1. The Balaban J connectivity index is 1.41. The molecular formula is C22H24N4O2. The highest BCUT2D eigenvalue weighted by atomic mass is 16.5. The van der Waals surface area contributed by atoms with E-state index in [4.69, 9.17) is 4.74 Å². The third-order valence-electron chi connectivity index (χ3n) is 4.51. The number of nitrogens with zero attached hydrogens (tertiary/aromatic N) is 2. The first-order valence-corrected chi connectivity index (χ1v) is 9.65. The molecule has 28 heavy (non-hydrogen) atoms. The Kier molecular flexibility index (Phi) is 5.10. The molecule has 2 aromatic carbocycles. The standard InChI is InChI=1S/C22H24N4O2/c1-14(2)28-19-8-3-5-15(11-19)12-20(27)23-18-7-4-6-17(13-18)22-24-21(25-26-22)16-9-10-16/h3-8,11,13-14,16H,9-10,12H2,1-2H3,(H,23,27)(H,24,25,26).